The van der Waals surface area contributed by atoms with Crippen molar-refractivity contribution in [3.8, 4) is 0 Å². The molecule has 0 saturated heterocycles. The fourth-order valence-corrected chi connectivity index (χ4v) is 1.73. The first-order valence-corrected chi connectivity index (χ1v) is 5.80. The Labute approximate surface area is 86.5 Å². The smallest absolute Gasteiger partial charge is 0.266 e. The van der Waals surface area contributed by atoms with E-state index in [1.807, 2.05) is 0 Å². The van der Waals surface area contributed by atoms with E-state index in [2.05, 4.69) is 4.62 Å². The maximum Gasteiger partial charge on any atom is 0.529 e. The van der Waals surface area contributed by atoms with Gasteiger partial charge in [0.2, 0.25) is 0 Å². The highest BCUT2D eigenvalue weighted by atomic mass is 31.1. The van der Waals surface area contributed by atoms with Crippen molar-refractivity contribution >= 4 is 19.8 Å². The van der Waals surface area contributed by atoms with Crippen LogP contribution in [0.5, 0.6) is 0 Å². The summed E-state index contributed by atoms with van der Waals surface area (Å²) in [5.74, 6) is -1.14. The number of benzene rings is 1. The Morgan fingerprint density at radius 1 is 1.13 bits per heavy atom. The first-order valence-electron chi connectivity index (χ1n) is 4.18. The van der Waals surface area contributed by atoms with Crippen LogP contribution in [0.2, 0.25) is 0 Å². The van der Waals surface area contributed by atoms with Crippen molar-refractivity contribution < 1.29 is 18.8 Å². The van der Waals surface area contributed by atoms with Crippen LogP contribution in [0.3, 0.4) is 0 Å². The van der Waals surface area contributed by atoms with Gasteiger partial charge in [0.15, 0.2) is 6.66 Å². The average molecular weight is 224 g/mol. The van der Waals surface area contributed by atoms with Gasteiger partial charge in [-0.2, -0.15) is 0 Å². The summed E-state index contributed by atoms with van der Waals surface area (Å²) in [4.78, 5) is 23.2. The van der Waals surface area contributed by atoms with Gasteiger partial charge in [-0.1, -0.05) is 17.2 Å². The minimum absolute atomic E-state index is 0.277. The zero-order valence-corrected chi connectivity index (χ0v) is 8.73. The molecule has 0 spiro atoms. The van der Waals surface area contributed by atoms with Crippen molar-refractivity contribution in [2.75, 3.05) is 6.66 Å². The molecule has 76 valence electrons. The minimum atomic E-state index is -2.03. The maximum absolute atomic E-state index is 11.6. The fourth-order valence-electron chi connectivity index (χ4n) is 1.36. The second-order valence-electron chi connectivity index (χ2n) is 2.97. The highest BCUT2D eigenvalue weighted by Crippen LogP contribution is 2.28. The highest BCUT2D eigenvalue weighted by molar-refractivity contribution is 7.38. The Kier molecular flexibility index (Phi) is 2.34. The van der Waals surface area contributed by atoms with Crippen molar-refractivity contribution in [3.05, 3.63) is 35.4 Å². The van der Waals surface area contributed by atoms with Crippen LogP contribution in [0.1, 0.15) is 20.7 Å². The molecule has 0 fully saturated rings. The molecule has 15 heavy (non-hydrogen) atoms. The van der Waals surface area contributed by atoms with Crippen molar-refractivity contribution in [2.45, 2.75) is 0 Å². The molecule has 0 aliphatic carbocycles. The quantitative estimate of drug-likeness (QED) is 0.565. The van der Waals surface area contributed by atoms with Gasteiger partial charge in [-0.3, -0.25) is 9.59 Å². The van der Waals surface area contributed by atoms with E-state index in [0.717, 1.165) is 0 Å². The number of amides is 2. The molecule has 5 nitrogen and oxygen atoms in total. The molecule has 1 aliphatic rings. The largest absolute Gasteiger partial charge is 0.529 e. The molecular weight excluding hydrogens is 217 g/mol. The molecule has 1 aromatic carbocycles. The van der Waals surface area contributed by atoms with E-state index in [9.17, 15) is 14.2 Å². The van der Waals surface area contributed by atoms with Gasteiger partial charge in [-0.15, -0.1) is 0 Å². The minimum Gasteiger partial charge on any atom is -0.266 e. The van der Waals surface area contributed by atoms with E-state index in [1.54, 1.807) is 12.1 Å². The number of imide groups is 1. The van der Waals surface area contributed by atoms with Gasteiger partial charge < -0.3 is 0 Å². The van der Waals surface area contributed by atoms with Gasteiger partial charge in [-0.05, 0) is 21.3 Å². The number of carbonyl (C=O) groups is 2. The molecule has 1 aromatic rings. The summed E-state index contributed by atoms with van der Waals surface area (Å²) in [6, 6.07) is 6.36. The lowest BCUT2D eigenvalue weighted by Crippen LogP contribution is -2.27. The van der Waals surface area contributed by atoms with E-state index in [0.29, 0.717) is 5.06 Å². The Morgan fingerprint density at radius 2 is 1.60 bits per heavy atom. The van der Waals surface area contributed by atoms with Crippen molar-refractivity contribution in [1.29, 1.82) is 0 Å². The van der Waals surface area contributed by atoms with Crippen LogP contribution in [-0.2, 0) is 9.19 Å². The predicted molar refractivity (Wildman–Crippen MR) is 51.6 cm³/mol. The van der Waals surface area contributed by atoms with Crippen LogP contribution in [0.25, 0.3) is 0 Å². The highest BCUT2D eigenvalue weighted by Gasteiger charge is 2.40. The van der Waals surface area contributed by atoms with E-state index in [4.69, 9.17) is 0 Å². The summed E-state index contributed by atoms with van der Waals surface area (Å²) >= 11 is 0. The number of hydroxylamine groups is 2. The topological polar surface area (TPSA) is 63.7 Å². The first-order chi connectivity index (χ1) is 7.11. The standard InChI is InChI=1S/C9H7NO4P/c1-15(13)14-10-8(11)6-4-2-3-5-7(6)9(10)12/h2-5H,1H3/q+1. The number of nitrogens with zero attached hydrogens (tertiary/aromatic N) is 1. The summed E-state index contributed by atoms with van der Waals surface area (Å²) in [6.07, 6.45) is 0. The fraction of sp³-hybridized carbons (Fsp3) is 0.111. The average Bonchev–Trinajstić information content (AvgIpc) is 2.44. The molecule has 2 amide bonds. The number of carbonyl (C=O) groups excluding carboxylic acids is 2. The molecule has 1 atom stereocenters. The third-order valence-corrected chi connectivity index (χ3v) is 2.35. The number of rotatable bonds is 2. The monoisotopic (exact) mass is 224 g/mol. The van der Waals surface area contributed by atoms with Crippen LogP contribution in [0.4, 0.5) is 0 Å². The van der Waals surface area contributed by atoms with Gasteiger partial charge in [0.05, 0.1) is 11.1 Å². The second-order valence-corrected chi connectivity index (χ2v) is 4.01. The third-order valence-electron chi connectivity index (χ3n) is 1.95. The summed E-state index contributed by atoms with van der Waals surface area (Å²) in [7, 11) is -2.03. The van der Waals surface area contributed by atoms with Crippen LogP contribution in [0, 0.1) is 0 Å². The molecule has 0 aromatic heterocycles. The van der Waals surface area contributed by atoms with Crippen LogP contribution in [0.15, 0.2) is 24.3 Å². The van der Waals surface area contributed by atoms with E-state index in [1.165, 1.54) is 18.8 Å². The Hall–Kier alpha value is -1.58. The lowest BCUT2D eigenvalue weighted by Gasteiger charge is -2.01. The molecule has 1 unspecified atom stereocenters. The Morgan fingerprint density at radius 3 is 2.00 bits per heavy atom. The molecule has 2 rings (SSSR count). The molecule has 1 aliphatic heterocycles. The van der Waals surface area contributed by atoms with Crippen molar-refractivity contribution in [1.82, 2.24) is 5.06 Å². The first kappa shape index (κ1) is 9.96. The second kappa shape index (κ2) is 3.53. The Balaban J connectivity index is 2.41. The van der Waals surface area contributed by atoms with Crippen LogP contribution < -0.4 is 0 Å². The number of hydrogen-bond donors (Lipinski definition) is 0. The summed E-state index contributed by atoms with van der Waals surface area (Å²) in [5.41, 5.74) is 0.554. The van der Waals surface area contributed by atoms with Gasteiger partial charge in [0.1, 0.15) is 0 Å². The normalized spacial score (nSPS) is 15.5. The van der Waals surface area contributed by atoms with E-state index < -0.39 is 19.8 Å². The number of hydrogen-bond acceptors (Lipinski definition) is 4. The molecule has 0 bridgehead atoms. The third kappa shape index (κ3) is 1.56. The maximum atomic E-state index is 11.6. The van der Waals surface area contributed by atoms with Crippen molar-refractivity contribution in [2.24, 2.45) is 0 Å². The molecule has 0 N–H and O–H groups in total. The zero-order valence-electron chi connectivity index (χ0n) is 7.84. The Bertz CT molecular complexity index is 436. The molecule has 0 saturated carbocycles. The van der Waals surface area contributed by atoms with Crippen molar-refractivity contribution in [3.63, 3.8) is 0 Å². The van der Waals surface area contributed by atoms with Crippen LogP contribution in [-0.4, -0.2) is 23.5 Å². The molecular formula is C9H7NO4P+. The SMILES string of the molecule is C[P+](=O)ON1C(=O)c2ccccc2C1=O. The lowest BCUT2D eigenvalue weighted by molar-refractivity contribution is -0.00901. The van der Waals surface area contributed by atoms with Gasteiger partial charge in [0.25, 0.3) is 11.8 Å². The summed E-state index contributed by atoms with van der Waals surface area (Å²) in [6.45, 7) is 1.28. The molecule has 1 heterocycles. The molecule has 0 radical (unpaired) electrons. The summed E-state index contributed by atoms with van der Waals surface area (Å²) in [5, 5.41) is 0.545. The van der Waals surface area contributed by atoms with E-state index >= 15 is 0 Å². The van der Waals surface area contributed by atoms with Crippen LogP contribution >= 0.6 is 8.03 Å². The molecule has 6 heteroatoms. The van der Waals surface area contributed by atoms with Gasteiger partial charge in [0, 0.05) is 0 Å². The number of fused-ring (bicyclic) bond motifs is 1. The predicted octanol–water partition coefficient (Wildman–Crippen LogP) is 1.59. The zero-order chi connectivity index (χ0) is 11.0. The lowest BCUT2D eigenvalue weighted by atomic mass is 10.1. The van der Waals surface area contributed by atoms with E-state index in [-0.39, 0.29) is 11.1 Å². The van der Waals surface area contributed by atoms with Gasteiger partial charge in [-0.25, -0.2) is 0 Å². The van der Waals surface area contributed by atoms with Gasteiger partial charge >= 0.3 is 8.03 Å². The summed E-state index contributed by atoms with van der Waals surface area (Å²) < 4.78 is 15.5.